The summed E-state index contributed by atoms with van der Waals surface area (Å²) in [4.78, 5) is 0. The maximum Gasteiger partial charge on any atom is 0.115 e. The van der Waals surface area contributed by atoms with E-state index in [4.69, 9.17) is 0 Å². The molecule has 0 saturated carbocycles. The Morgan fingerprint density at radius 1 is 0.593 bits per heavy atom. The van der Waals surface area contributed by atoms with E-state index >= 15 is 0 Å². The summed E-state index contributed by atoms with van der Waals surface area (Å²) in [6.07, 6.45) is 3.47. The zero-order valence-electron chi connectivity index (χ0n) is 14.5. The molecule has 5 rings (SSSR count). The van der Waals surface area contributed by atoms with Crippen molar-refractivity contribution in [1.82, 2.24) is 0 Å². The first-order valence-electron chi connectivity index (χ1n) is 8.81. The minimum absolute atomic E-state index is 0.240. The fraction of sp³-hybridized carbons (Fsp3) is 0. The third-order valence-electron chi connectivity index (χ3n) is 4.93. The molecule has 0 bridgehead atoms. The van der Waals surface area contributed by atoms with Gasteiger partial charge in [0.2, 0.25) is 0 Å². The van der Waals surface area contributed by atoms with Crippen LogP contribution in [-0.2, 0) is 0 Å². The van der Waals surface area contributed by atoms with Gasteiger partial charge in [-0.1, -0.05) is 54.6 Å². The highest BCUT2D eigenvalue weighted by molar-refractivity contribution is 6.25. The second-order valence-electron chi connectivity index (χ2n) is 6.59. The zero-order chi connectivity index (χ0) is 18.2. The normalized spacial score (nSPS) is 12.3. The summed E-state index contributed by atoms with van der Waals surface area (Å²) >= 11 is 0. The summed E-state index contributed by atoms with van der Waals surface area (Å²) in [6.45, 7) is 0. The average Bonchev–Trinajstić information content (AvgIpc) is 2.71. The highest BCUT2D eigenvalue weighted by atomic mass is 16.3. The lowest BCUT2D eigenvalue weighted by atomic mass is 9.92. The zero-order valence-corrected chi connectivity index (χ0v) is 14.5. The summed E-state index contributed by atoms with van der Waals surface area (Å²) in [7, 11) is 0. The van der Waals surface area contributed by atoms with Gasteiger partial charge in [-0.2, -0.15) is 10.2 Å². The molecule has 3 nitrogen and oxygen atoms in total. The molecule has 3 heteroatoms. The van der Waals surface area contributed by atoms with Crippen LogP contribution in [0.3, 0.4) is 0 Å². The quantitative estimate of drug-likeness (QED) is 0.252. The molecule has 0 aliphatic rings. The van der Waals surface area contributed by atoms with Crippen molar-refractivity contribution in [3.05, 3.63) is 90.0 Å². The van der Waals surface area contributed by atoms with E-state index in [0.29, 0.717) is 0 Å². The third-order valence-corrected chi connectivity index (χ3v) is 4.93. The lowest BCUT2D eigenvalue weighted by molar-refractivity contribution is 0.475. The largest absolute Gasteiger partial charge is 0.508 e. The Labute approximate surface area is 156 Å². The number of phenolic OH excluding ortho intramolecular Hbond substituents is 1. The standard InChI is InChI=1S/C24H16N2O/c27-21-11-4-16(5-12-21)14-25-26-15-20-9-8-19-7-6-17-2-1-3-18-10-13-22(20)24(19)23(17)18/h1-15,27H/b25-14+,26-15+. The molecule has 0 fully saturated rings. The fourth-order valence-electron chi connectivity index (χ4n) is 3.63. The predicted octanol–water partition coefficient (Wildman–Crippen LogP) is 5.74. The van der Waals surface area contributed by atoms with Crippen molar-refractivity contribution >= 4 is 44.7 Å². The highest BCUT2D eigenvalue weighted by Crippen LogP contribution is 2.35. The number of aromatic hydroxyl groups is 1. The monoisotopic (exact) mass is 348 g/mol. The molecule has 5 aromatic carbocycles. The van der Waals surface area contributed by atoms with Crippen molar-refractivity contribution in [3.63, 3.8) is 0 Å². The van der Waals surface area contributed by atoms with Crippen LogP contribution in [0.4, 0.5) is 0 Å². The van der Waals surface area contributed by atoms with E-state index in [1.54, 1.807) is 36.7 Å². The average molecular weight is 348 g/mol. The van der Waals surface area contributed by atoms with Crippen LogP contribution < -0.4 is 0 Å². The van der Waals surface area contributed by atoms with E-state index in [2.05, 4.69) is 64.8 Å². The Bertz CT molecular complexity index is 1300. The number of rotatable bonds is 3. The lowest BCUT2D eigenvalue weighted by Crippen LogP contribution is -1.89. The van der Waals surface area contributed by atoms with Crippen molar-refractivity contribution < 1.29 is 5.11 Å². The molecule has 0 aromatic heterocycles. The van der Waals surface area contributed by atoms with Crippen LogP contribution >= 0.6 is 0 Å². The van der Waals surface area contributed by atoms with Crippen LogP contribution in [0.15, 0.2) is 89.1 Å². The molecule has 27 heavy (non-hydrogen) atoms. The Kier molecular flexibility index (Phi) is 3.58. The van der Waals surface area contributed by atoms with Gasteiger partial charge in [0.05, 0.1) is 12.4 Å². The Balaban J connectivity index is 1.58. The van der Waals surface area contributed by atoms with E-state index in [1.165, 1.54) is 32.3 Å². The van der Waals surface area contributed by atoms with Crippen LogP contribution in [0.2, 0.25) is 0 Å². The molecule has 0 saturated heterocycles. The van der Waals surface area contributed by atoms with Crippen LogP contribution in [0.5, 0.6) is 5.75 Å². The van der Waals surface area contributed by atoms with Gasteiger partial charge in [-0.15, -0.1) is 0 Å². The van der Waals surface area contributed by atoms with Crippen LogP contribution in [-0.4, -0.2) is 17.5 Å². The molecule has 0 spiro atoms. The number of nitrogens with zero attached hydrogens (tertiary/aromatic N) is 2. The van der Waals surface area contributed by atoms with Gasteiger partial charge in [-0.05, 0) is 62.1 Å². The summed E-state index contributed by atoms with van der Waals surface area (Å²) in [5, 5.41) is 25.2. The molecule has 0 atom stereocenters. The third kappa shape index (κ3) is 2.70. The number of phenols is 1. The molecule has 0 amide bonds. The van der Waals surface area contributed by atoms with E-state index in [1.807, 2.05) is 0 Å². The molecule has 0 heterocycles. The summed E-state index contributed by atoms with van der Waals surface area (Å²) < 4.78 is 0. The van der Waals surface area contributed by atoms with Gasteiger partial charge < -0.3 is 5.11 Å². The molecule has 128 valence electrons. The first-order chi connectivity index (χ1) is 13.3. The van der Waals surface area contributed by atoms with Crippen molar-refractivity contribution in [2.75, 3.05) is 0 Å². The number of hydrogen-bond acceptors (Lipinski definition) is 3. The Morgan fingerprint density at radius 2 is 1.22 bits per heavy atom. The van der Waals surface area contributed by atoms with Crippen molar-refractivity contribution in [2.24, 2.45) is 10.2 Å². The van der Waals surface area contributed by atoms with Gasteiger partial charge in [0.1, 0.15) is 5.75 Å². The van der Waals surface area contributed by atoms with E-state index < -0.39 is 0 Å². The molecule has 0 aliphatic heterocycles. The fourth-order valence-corrected chi connectivity index (χ4v) is 3.63. The highest BCUT2D eigenvalue weighted by Gasteiger charge is 2.09. The number of hydrogen-bond donors (Lipinski definition) is 1. The van der Waals surface area contributed by atoms with Crippen LogP contribution in [0.25, 0.3) is 32.3 Å². The molecule has 1 N–H and O–H groups in total. The second-order valence-corrected chi connectivity index (χ2v) is 6.59. The SMILES string of the molecule is Oc1ccc(/C=N/N=C/c2ccc3ccc4cccc5ccc2c3c45)cc1. The van der Waals surface area contributed by atoms with Crippen molar-refractivity contribution in [1.29, 1.82) is 0 Å². The van der Waals surface area contributed by atoms with Gasteiger partial charge in [0.25, 0.3) is 0 Å². The Morgan fingerprint density at radius 3 is 2.00 bits per heavy atom. The summed E-state index contributed by atoms with van der Waals surface area (Å²) in [5.41, 5.74) is 1.93. The maximum absolute atomic E-state index is 9.32. The minimum Gasteiger partial charge on any atom is -0.508 e. The number of benzene rings is 5. The van der Waals surface area contributed by atoms with Gasteiger partial charge >= 0.3 is 0 Å². The summed E-state index contributed by atoms with van der Waals surface area (Å²) in [5.74, 6) is 0.240. The topological polar surface area (TPSA) is 45.0 Å². The van der Waals surface area contributed by atoms with E-state index in [0.717, 1.165) is 11.1 Å². The van der Waals surface area contributed by atoms with Crippen LogP contribution in [0.1, 0.15) is 11.1 Å². The first kappa shape index (κ1) is 15.5. The van der Waals surface area contributed by atoms with Gasteiger partial charge in [-0.25, -0.2) is 0 Å². The molecule has 0 radical (unpaired) electrons. The van der Waals surface area contributed by atoms with E-state index in [9.17, 15) is 5.11 Å². The van der Waals surface area contributed by atoms with Gasteiger partial charge in [-0.3, -0.25) is 0 Å². The van der Waals surface area contributed by atoms with Crippen molar-refractivity contribution in [2.45, 2.75) is 0 Å². The van der Waals surface area contributed by atoms with Gasteiger partial charge in [0.15, 0.2) is 0 Å². The van der Waals surface area contributed by atoms with Crippen LogP contribution in [0, 0.1) is 0 Å². The van der Waals surface area contributed by atoms with E-state index in [-0.39, 0.29) is 5.75 Å². The summed E-state index contributed by atoms with van der Waals surface area (Å²) in [6, 6.07) is 26.2. The first-order valence-corrected chi connectivity index (χ1v) is 8.81. The minimum atomic E-state index is 0.240. The van der Waals surface area contributed by atoms with Gasteiger partial charge in [0, 0.05) is 5.56 Å². The second kappa shape index (κ2) is 6.22. The maximum atomic E-state index is 9.32. The Hall–Kier alpha value is -3.72. The molecule has 5 aromatic rings. The molecular weight excluding hydrogens is 332 g/mol. The molecular formula is C24H16N2O. The van der Waals surface area contributed by atoms with Crippen molar-refractivity contribution in [3.8, 4) is 5.75 Å². The molecule has 0 aliphatic carbocycles. The smallest absolute Gasteiger partial charge is 0.115 e. The lowest BCUT2D eigenvalue weighted by Gasteiger charge is -2.11. The predicted molar refractivity (Wildman–Crippen MR) is 113 cm³/mol. The molecule has 0 unspecified atom stereocenters.